The Hall–Kier alpha value is -1.06. The highest BCUT2D eigenvalue weighted by Gasteiger charge is 2.09. The van der Waals surface area contributed by atoms with Gasteiger partial charge < -0.3 is 14.2 Å². The lowest BCUT2D eigenvalue weighted by Crippen LogP contribution is -2.21. The van der Waals surface area contributed by atoms with Gasteiger partial charge in [0.25, 0.3) is 0 Å². The monoisotopic (exact) mass is 210 g/mol. The molecule has 1 aromatic carbocycles. The predicted octanol–water partition coefficient (Wildman–Crippen LogP) is 2.38. The van der Waals surface area contributed by atoms with Gasteiger partial charge in [0.1, 0.15) is 5.75 Å². The van der Waals surface area contributed by atoms with Crippen LogP contribution in [0.3, 0.4) is 0 Å². The van der Waals surface area contributed by atoms with Crippen LogP contribution in [0.15, 0.2) is 24.3 Å². The van der Waals surface area contributed by atoms with Crippen molar-refractivity contribution in [1.29, 1.82) is 0 Å². The molecule has 0 spiro atoms. The van der Waals surface area contributed by atoms with E-state index in [9.17, 15) is 0 Å². The zero-order chi connectivity index (χ0) is 11.1. The van der Waals surface area contributed by atoms with E-state index in [0.717, 1.165) is 17.7 Å². The Balaban J connectivity index is 2.54. The third kappa shape index (κ3) is 3.90. The van der Waals surface area contributed by atoms with Gasteiger partial charge in [-0.15, -0.1) is 0 Å². The second-order valence-electron chi connectivity index (χ2n) is 3.33. The van der Waals surface area contributed by atoms with Gasteiger partial charge in [-0.3, -0.25) is 0 Å². The molecule has 0 saturated heterocycles. The van der Waals surface area contributed by atoms with Crippen LogP contribution in [0.4, 0.5) is 0 Å². The van der Waals surface area contributed by atoms with Crippen LogP contribution in [0, 0.1) is 6.92 Å². The predicted molar refractivity (Wildman–Crippen MR) is 59.1 cm³/mol. The average molecular weight is 210 g/mol. The summed E-state index contributed by atoms with van der Waals surface area (Å²) in [5.41, 5.74) is 1.11. The highest BCUT2D eigenvalue weighted by Crippen LogP contribution is 2.18. The Labute approximate surface area is 91.0 Å². The smallest absolute Gasteiger partial charge is 0.201 e. The Morgan fingerprint density at radius 1 is 1.20 bits per heavy atom. The number of hydrogen-bond donors (Lipinski definition) is 0. The normalized spacial score (nSPS) is 12.5. The molecule has 1 atom stereocenters. The van der Waals surface area contributed by atoms with Crippen molar-refractivity contribution in [2.45, 2.75) is 19.6 Å². The second-order valence-corrected chi connectivity index (χ2v) is 3.33. The molecular formula is C12H18O3. The topological polar surface area (TPSA) is 27.7 Å². The molecule has 1 rings (SSSR count). The lowest BCUT2D eigenvalue weighted by molar-refractivity contribution is -0.0688. The fourth-order valence-corrected chi connectivity index (χ4v) is 1.27. The van der Waals surface area contributed by atoms with E-state index in [1.54, 1.807) is 14.2 Å². The van der Waals surface area contributed by atoms with Crippen LogP contribution in [0.25, 0.3) is 0 Å². The molecule has 0 aliphatic carbocycles. The summed E-state index contributed by atoms with van der Waals surface area (Å²) >= 11 is 0. The van der Waals surface area contributed by atoms with Crippen molar-refractivity contribution in [3.63, 3.8) is 0 Å². The van der Waals surface area contributed by atoms with E-state index in [1.807, 2.05) is 31.2 Å². The lowest BCUT2D eigenvalue weighted by atomic mass is 10.2. The fraction of sp³-hybridized carbons (Fsp3) is 0.500. The molecule has 0 aliphatic heterocycles. The van der Waals surface area contributed by atoms with Crippen molar-refractivity contribution in [3.8, 4) is 5.75 Å². The molecule has 0 heterocycles. The molecule has 0 bridgehead atoms. The van der Waals surface area contributed by atoms with E-state index < -0.39 is 0 Å². The van der Waals surface area contributed by atoms with Gasteiger partial charge in [0.05, 0.1) is 6.61 Å². The van der Waals surface area contributed by atoms with Crippen molar-refractivity contribution in [2.24, 2.45) is 0 Å². The van der Waals surface area contributed by atoms with Gasteiger partial charge in [-0.2, -0.15) is 0 Å². The minimum atomic E-state index is -0.244. The van der Waals surface area contributed by atoms with Crippen molar-refractivity contribution in [3.05, 3.63) is 29.8 Å². The van der Waals surface area contributed by atoms with Crippen LogP contribution in [-0.4, -0.2) is 27.1 Å². The van der Waals surface area contributed by atoms with Crippen molar-refractivity contribution in [2.75, 3.05) is 20.8 Å². The van der Waals surface area contributed by atoms with Gasteiger partial charge in [-0.05, 0) is 18.6 Å². The average Bonchev–Trinajstić information content (AvgIpc) is 2.26. The number of hydrogen-bond acceptors (Lipinski definition) is 3. The van der Waals surface area contributed by atoms with E-state index in [4.69, 9.17) is 14.2 Å². The quantitative estimate of drug-likeness (QED) is 0.675. The van der Waals surface area contributed by atoms with E-state index >= 15 is 0 Å². The van der Waals surface area contributed by atoms with Gasteiger partial charge in [-0.25, -0.2) is 0 Å². The number of benzene rings is 1. The summed E-state index contributed by atoms with van der Waals surface area (Å²) in [5, 5.41) is 0. The van der Waals surface area contributed by atoms with Gasteiger partial charge in [0.15, 0.2) is 0 Å². The first kappa shape index (κ1) is 12.0. The standard InChI is InChI=1S/C12H18O3/c1-10-6-4-5-7-11(10)15-12(14-3)8-9-13-2/h4-7,12H,8-9H2,1-3H3. The second kappa shape index (κ2) is 6.43. The molecule has 3 heteroatoms. The molecule has 0 saturated carbocycles. The number of rotatable bonds is 6. The van der Waals surface area contributed by atoms with E-state index in [2.05, 4.69) is 0 Å². The van der Waals surface area contributed by atoms with Crippen LogP contribution < -0.4 is 4.74 Å². The van der Waals surface area contributed by atoms with Gasteiger partial charge in [0.2, 0.25) is 6.29 Å². The van der Waals surface area contributed by atoms with E-state index in [1.165, 1.54) is 0 Å². The summed E-state index contributed by atoms with van der Waals surface area (Å²) in [6, 6.07) is 7.89. The van der Waals surface area contributed by atoms with Crippen LogP contribution in [-0.2, 0) is 9.47 Å². The third-order valence-corrected chi connectivity index (χ3v) is 2.17. The maximum Gasteiger partial charge on any atom is 0.201 e. The van der Waals surface area contributed by atoms with Crippen LogP contribution in [0.5, 0.6) is 5.75 Å². The van der Waals surface area contributed by atoms with Crippen molar-refractivity contribution < 1.29 is 14.2 Å². The largest absolute Gasteiger partial charge is 0.465 e. The molecule has 0 radical (unpaired) electrons. The summed E-state index contributed by atoms with van der Waals surface area (Å²) in [7, 11) is 3.30. The first-order chi connectivity index (χ1) is 7.27. The summed E-state index contributed by atoms with van der Waals surface area (Å²) < 4.78 is 15.9. The number of ether oxygens (including phenoxy) is 3. The molecule has 3 nitrogen and oxygen atoms in total. The number of para-hydroxylation sites is 1. The highest BCUT2D eigenvalue weighted by atomic mass is 16.7. The Morgan fingerprint density at radius 3 is 2.53 bits per heavy atom. The summed E-state index contributed by atoms with van der Waals surface area (Å²) in [4.78, 5) is 0. The third-order valence-electron chi connectivity index (χ3n) is 2.17. The first-order valence-corrected chi connectivity index (χ1v) is 5.02. The maximum atomic E-state index is 5.69. The zero-order valence-electron chi connectivity index (χ0n) is 9.53. The highest BCUT2D eigenvalue weighted by molar-refractivity contribution is 5.31. The lowest BCUT2D eigenvalue weighted by Gasteiger charge is -2.18. The van der Waals surface area contributed by atoms with E-state index in [0.29, 0.717) is 6.61 Å². The number of aryl methyl sites for hydroxylation is 1. The molecule has 0 fully saturated rings. The summed E-state index contributed by atoms with van der Waals surface area (Å²) in [5.74, 6) is 0.862. The van der Waals surface area contributed by atoms with Crippen molar-refractivity contribution >= 4 is 0 Å². The zero-order valence-corrected chi connectivity index (χ0v) is 9.53. The maximum absolute atomic E-state index is 5.69. The first-order valence-electron chi connectivity index (χ1n) is 5.02. The molecule has 0 aromatic heterocycles. The fourth-order valence-electron chi connectivity index (χ4n) is 1.27. The number of methoxy groups -OCH3 is 2. The molecule has 84 valence electrons. The van der Waals surface area contributed by atoms with Crippen molar-refractivity contribution in [1.82, 2.24) is 0 Å². The van der Waals surface area contributed by atoms with Gasteiger partial charge in [0, 0.05) is 20.6 Å². The van der Waals surface area contributed by atoms with Crippen LogP contribution in [0.1, 0.15) is 12.0 Å². The molecule has 1 unspecified atom stereocenters. The Bertz CT molecular complexity index is 286. The molecule has 1 aromatic rings. The van der Waals surface area contributed by atoms with E-state index in [-0.39, 0.29) is 6.29 Å². The minimum absolute atomic E-state index is 0.244. The van der Waals surface area contributed by atoms with Gasteiger partial charge in [-0.1, -0.05) is 18.2 Å². The van der Waals surface area contributed by atoms with Crippen LogP contribution >= 0.6 is 0 Å². The molecule has 0 aliphatic rings. The Kier molecular flexibility index (Phi) is 5.15. The van der Waals surface area contributed by atoms with Gasteiger partial charge >= 0.3 is 0 Å². The summed E-state index contributed by atoms with van der Waals surface area (Å²) in [6.45, 7) is 2.64. The molecule has 0 amide bonds. The SMILES string of the molecule is COCCC(OC)Oc1ccccc1C. The molecule has 15 heavy (non-hydrogen) atoms. The Morgan fingerprint density at radius 2 is 1.93 bits per heavy atom. The summed E-state index contributed by atoms with van der Waals surface area (Å²) in [6.07, 6.45) is 0.479. The van der Waals surface area contributed by atoms with Crippen LogP contribution in [0.2, 0.25) is 0 Å². The molecular weight excluding hydrogens is 192 g/mol. The molecule has 0 N–H and O–H groups in total. The minimum Gasteiger partial charge on any atom is -0.465 e.